The quantitative estimate of drug-likeness (QED) is 0.755. The Morgan fingerprint density at radius 2 is 2.25 bits per heavy atom. The molecule has 0 radical (unpaired) electrons. The Labute approximate surface area is 116 Å². The average molecular weight is 269 g/mol. The van der Waals surface area contributed by atoms with Gasteiger partial charge in [-0.2, -0.15) is 9.61 Å². The summed E-state index contributed by atoms with van der Waals surface area (Å²) in [7, 11) is 0. The third-order valence-corrected chi connectivity index (χ3v) is 3.00. The molecular weight excluding hydrogens is 254 g/mol. The normalized spacial score (nSPS) is 12.5. The first-order valence-corrected chi connectivity index (χ1v) is 6.39. The molecule has 0 aliphatic carbocycles. The predicted octanol–water partition coefficient (Wildman–Crippen LogP) is 1.79. The number of anilines is 1. The summed E-state index contributed by atoms with van der Waals surface area (Å²) >= 11 is 0. The molecule has 6 nitrogen and oxygen atoms in total. The highest BCUT2D eigenvalue weighted by Crippen LogP contribution is 2.17. The Balaban J connectivity index is 1.91. The van der Waals surface area contributed by atoms with E-state index in [1.807, 2.05) is 18.3 Å². The fourth-order valence-corrected chi connectivity index (χ4v) is 1.97. The van der Waals surface area contributed by atoms with Crippen LogP contribution in [-0.4, -0.2) is 24.7 Å². The van der Waals surface area contributed by atoms with Gasteiger partial charge in [0, 0.05) is 31.1 Å². The summed E-state index contributed by atoms with van der Waals surface area (Å²) in [5.41, 5.74) is 2.40. The SMILES string of the molecule is CC(O)c1cc(NCc2cccnc2)n2nccc2n1. The molecule has 1 unspecified atom stereocenters. The fraction of sp³-hybridized carbons (Fsp3) is 0.214. The van der Waals surface area contributed by atoms with Gasteiger partial charge in [-0.1, -0.05) is 6.07 Å². The topological polar surface area (TPSA) is 75.3 Å². The van der Waals surface area contributed by atoms with Crippen LogP contribution in [0.4, 0.5) is 5.82 Å². The van der Waals surface area contributed by atoms with Gasteiger partial charge in [0.25, 0.3) is 0 Å². The average Bonchev–Trinajstić information content (AvgIpc) is 2.94. The maximum Gasteiger partial charge on any atom is 0.157 e. The van der Waals surface area contributed by atoms with Gasteiger partial charge >= 0.3 is 0 Å². The van der Waals surface area contributed by atoms with Crippen molar-refractivity contribution in [3.05, 3.63) is 54.1 Å². The molecular formula is C14H15N5O. The van der Waals surface area contributed by atoms with Gasteiger partial charge in [-0.15, -0.1) is 0 Å². The number of pyridine rings is 1. The Hall–Kier alpha value is -2.47. The molecule has 2 N–H and O–H groups in total. The summed E-state index contributed by atoms with van der Waals surface area (Å²) in [6, 6.07) is 7.51. The first-order chi connectivity index (χ1) is 9.74. The highest BCUT2D eigenvalue weighted by molar-refractivity contribution is 5.49. The maximum absolute atomic E-state index is 9.70. The van der Waals surface area contributed by atoms with Crippen LogP contribution >= 0.6 is 0 Å². The zero-order valence-electron chi connectivity index (χ0n) is 11.1. The van der Waals surface area contributed by atoms with E-state index in [-0.39, 0.29) is 0 Å². The van der Waals surface area contributed by atoms with Gasteiger partial charge in [0.05, 0.1) is 18.0 Å². The molecule has 3 aromatic rings. The second-order valence-electron chi connectivity index (χ2n) is 4.56. The molecule has 0 saturated heterocycles. The lowest BCUT2D eigenvalue weighted by molar-refractivity contribution is 0.194. The fourth-order valence-electron chi connectivity index (χ4n) is 1.97. The van der Waals surface area contributed by atoms with Crippen LogP contribution in [0.1, 0.15) is 24.3 Å². The molecule has 1 atom stereocenters. The third kappa shape index (κ3) is 2.46. The zero-order valence-corrected chi connectivity index (χ0v) is 11.1. The van der Waals surface area contributed by atoms with Crippen molar-refractivity contribution in [1.82, 2.24) is 19.6 Å². The third-order valence-electron chi connectivity index (χ3n) is 3.00. The van der Waals surface area contributed by atoms with Gasteiger partial charge in [0.2, 0.25) is 0 Å². The van der Waals surface area contributed by atoms with Crippen LogP contribution in [-0.2, 0) is 6.54 Å². The monoisotopic (exact) mass is 269 g/mol. The second kappa shape index (κ2) is 5.26. The summed E-state index contributed by atoms with van der Waals surface area (Å²) in [6.45, 7) is 2.33. The zero-order chi connectivity index (χ0) is 13.9. The van der Waals surface area contributed by atoms with E-state index in [2.05, 4.69) is 20.4 Å². The van der Waals surface area contributed by atoms with E-state index in [0.29, 0.717) is 17.9 Å². The predicted molar refractivity (Wildman–Crippen MR) is 75.2 cm³/mol. The second-order valence-corrected chi connectivity index (χ2v) is 4.56. The van der Waals surface area contributed by atoms with E-state index < -0.39 is 6.10 Å². The molecule has 0 aliphatic heterocycles. The largest absolute Gasteiger partial charge is 0.387 e. The Morgan fingerprint density at radius 3 is 3.00 bits per heavy atom. The number of aromatic nitrogens is 4. The van der Waals surface area contributed by atoms with E-state index in [9.17, 15) is 5.11 Å². The van der Waals surface area contributed by atoms with Crippen LogP contribution in [0.15, 0.2) is 42.9 Å². The molecule has 3 heterocycles. The molecule has 0 amide bonds. The first kappa shape index (κ1) is 12.6. The first-order valence-electron chi connectivity index (χ1n) is 6.39. The van der Waals surface area contributed by atoms with E-state index in [1.54, 1.807) is 36.0 Å². The van der Waals surface area contributed by atoms with Crippen molar-refractivity contribution < 1.29 is 5.11 Å². The van der Waals surface area contributed by atoms with Crippen molar-refractivity contribution in [2.45, 2.75) is 19.6 Å². The van der Waals surface area contributed by atoms with Gasteiger partial charge in [0.1, 0.15) is 5.82 Å². The van der Waals surface area contributed by atoms with Crippen LogP contribution in [0.2, 0.25) is 0 Å². The number of nitrogens with zero attached hydrogens (tertiary/aromatic N) is 4. The number of nitrogens with one attached hydrogen (secondary N) is 1. The number of fused-ring (bicyclic) bond motifs is 1. The minimum atomic E-state index is -0.617. The lowest BCUT2D eigenvalue weighted by Crippen LogP contribution is -2.08. The van der Waals surface area contributed by atoms with Crippen molar-refractivity contribution in [3.63, 3.8) is 0 Å². The summed E-state index contributed by atoms with van der Waals surface area (Å²) < 4.78 is 1.71. The lowest BCUT2D eigenvalue weighted by Gasteiger charge is -2.11. The van der Waals surface area contributed by atoms with Crippen molar-refractivity contribution in [3.8, 4) is 0 Å². The smallest absolute Gasteiger partial charge is 0.157 e. The molecule has 102 valence electrons. The number of hydrogen-bond donors (Lipinski definition) is 2. The summed E-state index contributed by atoms with van der Waals surface area (Å²) in [6.07, 6.45) is 4.62. The van der Waals surface area contributed by atoms with Gasteiger partial charge in [-0.3, -0.25) is 4.98 Å². The number of hydrogen-bond acceptors (Lipinski definition) is 5. The molecule has 20 heavy (non-hydrogen) atoms. The molecule has 0 spiro atoms. The Morgan fingerprint density at radius 1 is 1.35 bits per heavy atom. The van der Waals surface area contributed by atoms with Gasteiger partial charge in [-0.05, 0) is 18.6 Å². The van der Waals surface area contributed by atoms with Gasteiger partial charge in [-0.25, -0.2) is 4.98 Å². The van der Waals surface area contributed by atoms with Gasteiger partial charge in [0.15, 0.2) is 5.65 Å². The summed E-state index contributed by atoms with van der Waals surface area (Å²) in [4.78, 5) is 8.43. The van der Waals surface area contributed by atoms with Crippen molar-refractivity contribution in [2.24, 2.45) is 0 Å². The van der Waals surface area contributed by atoms with E-state index in [0.717, 1.165) is 11.4 Å². The molecule has 3 rings (SSSR count). The summed E-state index contributed by atoms with van der Waals surface area (Å²) in [5, 5.41) is 17.2. The molecule has 0 saturated carbocycles. The summed E-state index contributed by atoms with van der Waals surface area (Å²) in [5.74, 6) is 0.791. The van der Waals surface area contributed by atoms with Crippen LogP contribution in [0.3, 0.4) is 0 Å². The van der Waals surface area contributed by atoms with E-state index in [4.69, 9.17) is 0 Å². The Bertz CT molecular complexity index is 708. The minimum Gasteiger partial charge on any atom is -0.387 e. The lowest BCUT2D eigenvalue weighted by atomic mass is 10.2. The minimum absolute atomic E-state index is 0.617. The van der Waals surface area contributed by atoms with E-state index in [1.165, 1.54) is 0 Å². The highest BCUT2D eigenvalue weighted by Gasteiger charge is 2.09. The van der Waals surface area contributed by atoms with Crippen molar-refractivity contribution >= 4 is 11.5 Å². The molecule has 0 bridgehead atoms. The van der Waals surface area contributed by atoms with Crippen LogP contribution < -0.4 is 5.32 Å². The van der Waals surface area contributed by atoms with Crippen LogP contribution in [0.25, 0.3) is 5.65 Å². The van der Waals surface area contributed by atoms with Crippen molar-refractivity contribution in [1.29, 1.82) is 0 Å². The van der Waals surface area contributed by atoms with E-state index >= 15 is 0 Å². The molecule has 0 fully saturated rings. The molecule has 6 heteroatoms. The maximum atomic E-state index is 9.70. The number of aliphatic hydroxyl groups is 1. The number of aliphatic hydroxyl groups excluding tert-OH is 1. The number of rotatable bonds is 4. The van der Waals surface area contributed by atoms with Gasteiger partial charge < -0.3 is 10.4 Å². The molecule has 3 aromatic heterocycles. The standard InChI is InChI=1S/C14H15N5O/c1-10(20)12-7-14(19-13(18-12)4-6-17-19)16-9-11-3-2-5-15-8-11/h2-8,10,16,20H,9H2,1H3. The van der Waals surface area contributed by atoms with Crippen molar-refractivity contribution in [2.75, 3.05) is 5.32 Å². The highest BCUT2D eigenvalue weighted by atomic mass is 16.3. The molecule has 0 aliphatic rings. The van der Waals surface area contributed by atoms with Crippen LogP contribution in [0.5, 0.6) is 0 Å². The molecule has 0 aromatic carbocycles. The Kier molecular flexibility index (Phi) is 3.30. The van der Waals surface area contributed by atoms with Crippen LogP contribution in [0, 0.1) is 0 Å².